The van der Waals surface area contributed by atoms with Crippen LogP contribution in [0.3, 0.4) is 0 Å². The number of sulfonamides is 1. The molecule has 0 saturated heterocycles. The summed E-state index contributed by atoms with van der Waals surface area (Å²) in [4.78, 5) is 20.3. The molecular weight excluding hydrogens is 447 g/mol. The molecule has 156 valence electrons. The summed E-state index contributed by atoms with van der Waals surface area (Å²) in [5, 5.41) is 0.224. The maximum Gasteiger partial charge on any atom is 0.517 e. The number of hydrogen-bond donors (Lipinski definition) is 0. The van der Waals surface area contributed by atoms with Crippen LogP contribution in [0.25, 0.3) is 0 Å². The summed E-state index contributed by atoms with van der Waals surface area (Å²) < 4.78 is 68.9. The fourth-order valence-corrected chi connectivity index (χ4v) is 3.33. The molecule has 0 saturated carbocycles. The van der Waals surface area contributed by atoms with Crippen molar-refractivity contribution in [3.8, 4) is 11.8 Å². The Balaban J connectivity index is 2.00. The smallest absolute Gasteiger partial charge is 0.424 e. The first-order chi connectivity index (χ1) is 14.1. The topological polar surface area (TPSA) is 89.5 Å². The molecule has 2 aromatic carbocycles. The molecular formula is C18H11ClF3N3O4S. The van der Waals surface area contributed by atoms with Crippen molar-refractivity contribution in [3.05, 3.63) is 77.6 Å². The standard InChI is InChI=1S/C18H11ClF3N3O4S/c19-13-4-2-12(3-5-13)16(26)25(30(27,28)18(20,21)22)14-6-8-15(9-7-14)29-17-23-10-1-11-24-17/h1-11H. The number of halogens is 4. The van der Waals surface area contributed by atoms with E-state index in [1.54, 1.807) is 6.07 Å². The van der Waals surface area contributed by atoms with Crippen LogP contribution in [-0.2, 0) is 10.0 Å². The summed E-state index contributed by atoms with van der Waals surface area (Å²) in [6.07, 6.45) is 2.83. The maximum atomic E-state index is 13.2. The Bertz CT molecular complexity index is 1140. The second-order valence-corrected chi connectivity index (χ2v) is 7.87. The lowest BCUT2D eigenvalue weighted by molar-refractivity contribution is -0.0437. The minimum Gasteiger partial charge on any atom is -0.424 e. The average Bonchev–Trinajstić information content (AvgIpc) is 2.70. The van der Waals surface area contributed by atoms with Gasteiger partial charge in [-0.15, -0.1) is 0 Å². The molecule has 0 atom stereocenters. The van der Waals surface area contributed by atoms with Crippen molar-refractivity contribution in [1.29, 1.82) is 0 Å². The fraction of sp³-hybridized carbons (Fsp3) is 0.0556. The summed E-state index contributed by atoms with van der Waals surface area (Å²) >= 11 is 5.71. The summed E-state index contributed by atoms with van der Waals surface area (Å²) in [6.45, 7) is 0. The lowest BCUT2D eigenvalue weighted by Crippen LogP contribution is -2.44. The van der Waals surface area contributed by atoms with Crippen LogP contribution in [0.4, 0.5) is 18.9 Å². The van der Waals surface area contributed by atoms with Gasteiger partial charge >= 0.3 is 21.5 Å². The number of nitrogens with zero attached hydrogens (tertiary/aromatic N) is 3. The first-order valence-electron chi connectivity index (χ1n) is 8.06. The molecule has 0 aliphatic heterocycles. The molecule has 1 heterocycles. The van der Waals surface area contributed by atoms with Gasteiger partial charge in [-0.3, -0.25) is 4.79 Å². The second-order valence-electron chi connectivity index (χ2n) is 5.65. The van der Waals surface area contributed by atoms with Gasteiger partial charge in [0.1, 0.15) is 5.75 Å². The van der Waals surface area contributed by atoms with Crippen molar-refractivity contribution in [1.82, 2.24) is 9.97 Å². The predicted molar refractivity (Wildman–Crippen MR) is 102 cm³/mol. The van der Waals surface area contributed by atoms with Crippen LogP contribution in [0.15, 0.2) is 67.0 Å². The number of benzene rings is 2. The molecule has 0 N–H and O–H groups in total. The Hall–Kier alpha value is -3.18. The van der Waals surface area contributed by atoms with Crippen LogP contribution in [0.2, 0.25) is 5.02 Å². The normalized spacial score (nSPS) is 11.7. The largest absolute Gasteiger partial charge is 0.517 e. The highest BCUT2D eigenvalue weighted by molar-refractivity contribution is 7.94. The number of hydrogen-bond acceptors (Lipinski definition) is 6. The predicted octanol–water partition coefficient (Wildman–Crippen LogP) is 4.42. The summed E-state index contributed by atoms with van der Waals surface area (Å²) in [7, 11) is -6.04. The third-order valence-electron chi connectivity index (χ3n) is 3.63. The SMILES string of the molecule is O=C(c1ccc(Cl)cc1)N(c1ccc(Oc2ncccn2)cc1)S(=O)(=O)C(F)(F)F. The van der Waals surface area contributed by atoms with Crippen molar-refractivity contribution >= 4 is 33.2 Å². The molecule has 30 heavy (non-hydrogen) atoms. The summed E-state index contributed by atoms with van der Waals surface area (Å²) in [5.74, 6) is -1.28. The number of aromatic nitrogens is 2. The van der Waals surface area contributed by atoms with Gasteiger partial charge in [0.2, 0.25) is 0 Å². The molecule has 3 aromatic rings. The Morgan fingerprint density at radius 2 is 1.53 bits per heavy atom. The number of amides is 1. The van der Waals surface area contributed by atoms with Crippen LogP contribution in [0.5, 0.6) is 11.8 Å². The highest BCUT2D eigenvalue weighted by Crippen LogP contribution is 2.33. The average molecular weight is 458 g/mol. The van der Waals surface area contributed by atoms with E-state index in [2.05, 4.69) is 9.97 Å². The first kappa shape index (κ1) is 21.5. The number of rotatable bonds is 5. The molecule has 0 radical (unpaired) electrons. The molecule has 0 fully saturated rings. The fourth-order valence-electron chi connectivity index (χ4n) is 2.27. The van der Waals surface area contributed by atoms with Crippen LogP contribution in [0, 0.1) is 0 Å². The first-order valence-corrected chi connectivity index (χ1v) is 9.88. The highest BCUT2D eigenvalue weighted by atomic mass is 35.5. The van der Waals surface area contributed by atoms with Gasteiger partial charge in [0.15, 0.2) is 0 Å². The van der Waals surface area contributed by atoms with Gasteiger partial charge in [0.05, 0.1) is 5.69 Å². The molecule has 7 nitrogen and oxygen atoms in total. The van der Waals surface area contributed by atoms with Crippen LogP contribution >= 0.6 is 11.6 Å². The third-order valence-corrected chi connectivity index (χ3v) is 5.33. The Labute approximate surface area is 173 Å². The van der Waals surface area contributed by atoms with Gasteiger partial charge in [-0.2, -0.15) is 25.9 Å². The van der Waals surface area contributed by atoms with E-state index in [0.29, 0.717) is 0 Å². The van der Waals surface area contributed by atoms with E-state index in [0.717, 1.165) is 24.3 Å². The van der Waals surface area contributed by atoms with Gasteiger partial charge in [0, 0.05) is 23.0 Å². The van der Waals surface area contributed by atoms with Crippen LogP contribution in [-0.4, -0.2) is 29.8 Å². The van der Waals surface area contributed by atoms with E-state index in [1.165, 1.54) is 36.7 Å². The van der Waals surface area contributed by atoms with E-state index in [4.69, 9.17) is 16.3 Å². The Morgan fingerprint density at radius 1 is 0.967 bits per heavy atom. The number of ether oxygens (including phenoxy) is 1. The van der Waals surface area contributed by atoms with Gasteiger partial charge < -0.3 is 4.74 Å². The molecule has 12 heteroatoms. The van der Waals surface area contributed by atoms with Gasteiger partial charge in [0.25, 0.3) is 5.91 Å². The van der Waals surface area contributed by atoms with E-state index >= 15 is 0 Å². The van der Waals surface area contributed by atoms with Gasteiger partial charge in [-0.1, -0.05) is 11.6 Å². The van der Waals surface area contributed by atoms with Crippen molar-refractivity contribution in [3.63, 3.8) is 0 Å². The van der Waals surface area contributed by atoms with Gasteiger partial charge in [-0.05, 0) is 54.6 Å². The number of carbonyl (C=O) groups excluding carboxylic acids is 1. The van der Waals surface area contributed by atoms with E-state index in [-0.39, 0.29) is 26.7 Å². The lowest BCUT2D eigenvalue weighted by Gasteiger charge is -2.23. The van der Waals surface area contributed by atoms with E-state index in [9.17, 15) is 26.4 Å². The van der Waals surface area contributed by atoms with Crippen molar-refractivity contribution in [2.75, 3.05) is 4.31 Å². The number of alkyl halides is 3. The van der Waals surface area contributed by atoms with Crippen molar-refractivity contribution < 1.29 is 31.1 Å². The van der Waals surface area contributed by atoms with E-state index < -0.39 is 27.1 Å². The third kappa shape index (κ3) is 4.52. The minimum atomic E-state index is -6.04. The monoisotopic (exact) mass is 457 g/mol. The molecule has 0 spiro atoms. The molecule has 0 bridgehead atoms. The minimum absolute atomic E-state index is 0.0257. The zero-order chi connectivity index (χ0) is 21.9. The maximum absolute atomic E-state index is 13.2. The highest BCUT2D eigenvalue weighted by Gasteiger charge is 2.52. The van der Waals surface area contributed by atoms with Crippen molar-refractivity contribution in [2.24, 2.45) is 0 Å². The Morgan fingerprint density at radius 3 is 2.07 bits per heavy atom. The van der Waals surface area contributed by atoms with Crippen LogP contribution in [0.1, 0.15) is 10.4 Å². The quantitative estimate of drug-likeness (QED) is 0.563. The van der Waals surface area contributed by atoms with Gasteiger partial charge in [-0.25, -0.2) is 9.97 Å². The number of anilines is 1. The summed E-state index contributed by atoms with van der Waals surface area (Å²) in [5.41, 5.74) is -6.54. The lowest BCUT2D eigenvalue weighted by atomic mass is 10.2. The molecule has 1 amide bonds. The second kappa shape index (κ2) is 8.28. The van der Waals surface area contributed by atoms with E-state index in [1.807, 2.05) is 0 Å². The van der Waals surface area contributed by atoms with Crippen molar-refractivity contribution in [2.45, 2.75) is 5.51 Å². The zero-order valence-corrected chi connectivity index (χ0v) is 16.3. The molecule has 0 aliphatic rings. The number of carbonyl (C=O) groups is 1. The molecule has 3 rings (SSSR count). The molecule has 0 unspecified atom stereocenters. The zero-order valence-electron chi connectivity index (χ0n) is 14.7. The molecule has 0 aliphatic carbocycles. The molecule has 1 aromatic heterocycles. The Kier molecular flexibility index (Phi) is 5.94. The summed E-state index contributed by atoms with van der Waals surface area (Å²) in [6, 6.07) is 10.6. The van der Waals surface area contributed by atoms with Crippen LogP contribution < -0.4 is 9.04 Å².